The number of methoxy groups -OCH3 is 1. The first-order chi connectivity index (χ1) is 10.1. The molecule has 0 fully saturated rings. The van der Waals surface area contributed by atoms with Crippen LogP contribution in [0.5, 0.6) is 5.75 Å². The van der Waals surface area contributed by atoms with Crippen molar-refractivity contribution in [3.8, 4) is 5.75 Å². The monoisotopic (exact) mass is 286 g/mol. The van der Waals surface area contributed by atoms with Crippen LogP contribution >= 0.6 is 0 Å². The Kier molecular flexibility index (Phi) is 4.50. The van der Waals surface area contributed by atoms with Gasteiger partial charge in [0.2, 0.25) is 0 Å². The molecule has 0 aliphatic heterocycles. The standard InChI is InChI=1S/C15H14N2O4/c1-21-15(20)12-7-11(13(18)9-16-12)14(19)17-8-10-5-3-2-4-6-10/h2-7,9,18H,8H2,1H3,(H,17,19). The lowest BCUT2D eigenvalue weighted by atomic mass is 10.1. The summed E-state index contributed by atoms with van der Waals surface area (Å²) in [5, 5.41) is 12.3. The minimum absolute atomic E-state index is 0.0265. The Morgan fingerprint density at radius 3 is 2.67 bits per heavy atom. The molecule has 21 heavy (non-hydrogen) atoms. The number of esters is 1. The highest BCUT2D eigenvalue weighted by Gasteiger charge is 2.16. The van der Waals surface area contributed by atoms with Gasteiger partial charge in [0.05, 0.1) is 18.9 Å². The summed E-state index contributed by atoms with van der Waals surface area (Å²) in [4.78, 5) is 27.1. The number of aromatic hydroxyl groups is 1. The first-order valence-electron chi connectivity index (χ1n) is 6.21. The number of carbonyl (C=O) groups is 2. The molecule has 6 nitrogen and oxygen atoms in total. The lowest BCUT2D eigenvalue weighted by Crippen LogP contribution is -2.23. The summed E-state index contributed by atoms with van der Waals surface area (Å²) < 4.78 is 4.53. The lowest BCUT2D eigenvalue weighted by molar-refractivity contribution is 0.0594. The summed E-state index contributed by atoms with van der Waals surface area (Å²) >= 11 is 0. The van der Waals surface area contributed by atoms with Crippen molar-refractivity contribution in [2.24, 2.45) is 0 Å². The van der Waals surface area contributed by atoms with E-state index < -0.39 is 11.9 Å². The molecule has 0 unspecified atom stereocenters. The van der Waals surface area contributed by atoms with Gasteiger partial charge in [-0.05, 0) is 11.6 Å². The number of pyridine rings is 1. The fourth-order valence-corrected chi connectivity index (χ4v) is 1.72. The van der Waals surface area contributed by atoms with Crippen molar-refractivity contribution in [2.75, 3.05) is 7.11 Å². The highest BCUT2D eigenvalue weighted by molar-refractivity contribution is 5.99. The Balaban J connectivity index is 2.13. The van der Waals surface area contributed by atoms with Crippen LogP contribution in [-0.2, 0) is 11.3 Å². The molecule has 0 spiro atoms. The van der Waals surface area contributed by atoms with Crippen LogP contribution in [0, 0.1) is 0 Å². The fraction of sp³-hybridized carbons (Fsp3) is 0.133. The fourth-order valence-electron chi connectivity index (χ4n) is 1.72. The number of hydrogen-bond acceptors (Lipinski definition) is 5. The number of nitrogens with zero attached hydrogens (tertiary/aromatic N) is 1. The molecular weight excluding hydrogens is 272 g/mol. The van der Waals surface area contributed by atoms with Gasteiger partial charge in [-0.1, -0.05) is 30.3 Å². The van der Waals surface area contributed by atoms with E-state index in [9.17, 15) is 14.7 Å². The molecule has 0 atom stereocenters. The van der Waals surface area contributed by atoms with E-state index in [2.05, 4.69) is 15.0 Å². The minimum Gasteiger partial charge on any atom is -0.505 e. The van der Waals surface area contributed by atoms with Gasteiger partial charge < -0.3 is 15.2 Å². The SMILES string of the molecule is COC(=O)c1cc(C(=O)NCc2ccccc2)c(O)cn1. The van der Waals surface area contributed by atoms with E-state index in [0.29, 0.717) is 6.54 Å². The summed E-state index contributed by atoms with van der Waals surface area (Å²) in [7, 11) is 1.21. The number of carbonyl (C=O) groups excluding carboxylic acids is 2. The molecule has 2 rings (SSSR count). The molecule has 0 saturated carbocycles. The summed E-state index contributed by atoms with van der Waals surface area (Å²) in [6.07, 6.45) is 1.05. The van der Waals surface area contributed by atoms with Crippen molar-refractivity contribution >= 4 is 11.9 Å². The Labute approximate surface area is 121 Å². The predicted octanol–water partition coefficient (Wildman–Crippen LogP) is 1.50. The minimum atomic E-state index is -0.674. The maximum Gasteiger partial charge on any atom is 0.356 e. The molecule has 6 heteroatoms. The van der Waals surface area contributed by atoms with Crippen LogP contribution in [0.25, 0.3) is 0 Å². The molecular formula is C15H14N2O4. The van der Waals surface area contributed by atoms with Gasteiger partial charge in [-0.2, -0.15) is 0 Å². The van der Waals surface area contributed by atoms with Crippen LogP contribution in [-0.4, -0.2) is 29.1 Å². The van der Waals surface area contributed by atoms with Gasteiger partial charge >= 0.3 is 5.97 Å². The molecule has 2 aromatic rings. The Hall–Kier alpha value is -2.89. The van der Waals surface area contributed by atoms with Crippen LogP contribution in [0.4, 0.5) is 0 Å². The second-order valence-electron chi connectivity index (χ2n) is 4.25. The number of benzene rings is 1. The normalized spacial score (nSPS) is 9.95. The molecule has 1 aromatic carbocycles. The van der Waals surface area contributed by atoms with Gasteiger partial charge in [-0.3, -0.25) is 4.79 Å². The highest BCUT2D eigenvalue weighted by Crippen LogP contribution is 2.16. The average molecular weight is 286 g/mol. The zero-order chi connectivity index (χ0) is 15.2. The van der Waals surface area contributed by atoms with Crippen molar-refractivity contribution in [1.82, 2.24) is 10.3 Å². The Bertz CT molecular complexity index is 656. The third-order valence-electron chi connectivity index (χ3n) is 2.82. The number of ether oxygens (including phenoxy) is 1. The predicted molar refractivity (Wildman–Crippen MR) is 74.9 cm³/mol. The molecule has 0 radical (unpaired) electrons. The number of nitrogens with one attached hydrogen (secondary N) is 1. The van der Waals surface area contributed by atoms with Gasteiger partial charge in [0.25, 0.3) is 5.91 Å². The molecule has 0 aliphatic rings. The van der Waals surface area contributed by atoms with E-state index >= 15 is 0 Å². The summed E-state index contributed by atoms with van der Waals surface area (Å²) in [6, 6.07) is 10.5. The summed E-state index contributed by atoms with van der Waals surface area (Å²) in [5.41, 5.74) is 0.856. The Morgan fingerprint density at radius 1 is 1.29 bits per heavy atom. The van der Waals surface area contributed by atoms with Crippen molar-refractivity contribution < 1.29 is 19.4 Å². The molecule has 0 aliphatic carbocycles. The van der Waals surface area contributed by atoms with E-state index in [-0.39, 0.29) is 17.0 Å². The van der Waals surface area contributed by atoms with E-state index in [4.69, 9.17) is 0 Å². The number of rotatable bonds is 4. The van der Waals surface area contributed by atoms with E-state index in [1.807, 2.05) is 30.3 Å². The number of amides is 1. The van der Waals surface area contributed by atoms with Crippen LogP contribution in [0.15, 0.2) is 42.6 Å². The molecule has 108 valence electrons. The van der Waals surface area contributed by atoms with Crippen LogP contribution in [0.2, 0.25) is 0 Å². The van der Waals surface area contributed by atoms with E-state index in [1.165, 1.54) is 13.2 Å². The highest BCUT2D eigenvalue weighted by atomic mass is 16.5. The van der Waals surface area contributed by atoms with Crippen molar-refractivity contribution in [3.63, 3.8) is 0 Å². The van der Waals surface area contributed by atoms with Gasteiger partial charge in [0, 0.05) is 6.54 Å². The third kappa shape index (κ3) is 3.56. The lowest BCUT2D eigenvalue weighted by Gasteiger charge is -2.08. The van der Waals surface area contributed by atoms with E-state index in [1.54, 1.807) is 0 Å². The topological polar surface area (TPSA) is 88.5 Å². The maximum atomic E-state index is 12.1. The quantitative estimate of drug-likeness (QED) is 0.832. The second kappa shape index (κ2) is 6.51. The van der Waals surface area contributed by atoms with E-state index in [0.717, 1.165) is 11.8 Å². The molecule has 1 aromatic heterocycles. The summed E-state index contributed by atoms with van der Waals surface area (Å²) in [6.45, 7) is 0.314. The zero-order valence-corrected chi connectivity index (χ0v) is 11.4. The molecule has 0 saturated heterocycles. The molecule has 0 bridgehead atoms. The van der Waals surface area contributed by atoms with Crippen molar-refractivity contribution in [1.29, 1.82) is 0 Å². The summed E-state index contributed by atoms with van der Waals surface area (Å²) in [5.74, 6) is -1.47. The number of aromatic nitrogens is 1. The van der Waals surface area contributed by atoms with Crippen LogP contribution < -0.4 is 5.32 Å². The maximum absolute atomic E-state index is 12.1. The van der Waals surface area contributed by atoms with Gasteiger partial charge in [0.1, 0.15) is 11.4 Å². The number of hydrogen-bond donors (Lipinski definition) is 2. The van der Waals surface area contributed by atoms with Crippen LogP contribution in [0.3, 0.4) is 0 Å². The third-order valence-corrected chi connectivity index (χ3v) is 2.82. The van der Waals surface area contributed by atoms with Gasteiger partial charge in [-0.15, -0.1) is 0 Å². The van der Waals surface area contributed by atoms with Gasteiger partial charge in [-0.25, -0.2) is 9.78 Å². The van der Waals surface area contributed by atoms with Gasteiger partial charge in [0.15, 0.2) is 0 Å². The average Bonchev–Trinajstić information content (AvgIpc) is 2.53. The zero-order valence-electron chi connectivity index (χ0n) is 11.4. The second-order valence-corrected chi connectivity index (χ2v) is 4.25. The first-order valence-corrected chi connectivity index (χ1v) is 6.21. The van der Waals surface area contributed by atoms with Crippen molar-refractivity contribution in [3.05, 3.63) is 59.4 Å². The Morgan fingerprint density at radius 2 is 2.00 bits per heavy atom. The largest absolute Gasteiger partial charge is 0.505 e. The molecule has 2 N–H and O–H groups in total. The van der Waals surface area contributed by atoms with Crippen molar-refractivity contribution in [2.45, 2.75) is 6.54 Å². The smallest absolute Gasteiger partial charge is 0.356 e. The molecule has 1 heterocycles. The van der Waals surface area contributed by atoms with Crippen LogP contribution in [0.1, 0.15) is 26.4 Å². The molecule has 1 amide bonds. The first kappa shape index (κ1) is 14.5.